The van der Waals surface area contributed by atoms with Gasteiger partial charge in [0.25, 0.3) is 0 Å². The number of aromatic nitrogens is 1. The standard InChI is InChI=1S/C10H14ClN3O3/c1-7(2)17-4-3-12-10-9(14(15)16)5-8(11)6-13-10/h5-7H,3-4H2,1-2H3,(H,12,13). The zero-order chi connectivity index (χ0) is 12.8. The normalized spacial score (nSPS) is 10.6. The van der Waals surface area contributed by atoms with Crippen molar-refractivity contribution in [2.75, 3.05) is 18.5 Å². The first-order valence-electron chi connectivity index (χ1n) is 5.16. The van der Waals surface area contributed by atoms with Crippen molar-refractivity contribution in [2.24, 2.45) is 0 Å². The predicted octanol–water partition coefficient (Wildman–Crippen LogP) is 2.48. The molecule has 1 N–H and O–H groups in total. The van der Waals surface area contributed by atoms with E-state index in [0.717, 1.165) is 0 Å². The van der Waals surface area contributed by atoms with Crippen molar-refractivity contribution in [3.8, 4) is 0 Å². The van der Waals surface area contributed by atoms with Crippen LogP contribution in [0.5, 0.6) is 0 Å². The Hall–Kier alpha value is -1.40. The van der Waals surface area contributed by atoms with Crippen LogP contribution in [0.4, 0.5) is 11.5 Å². The Bertz CT molecular complexity index is 398. The summed E-state index contributed by atoms with van der Waals surface area (Å²) in [5.41, 5.74) is -0.137. The molecule has 0 atom stereocenters. The van der Waals surface area contributed by atoms with E-state index in [4.69, 9.17) is 16.3 Å². The molecular formula is C10H14ClN3O3. The fraction of sp³-hybridized carbons (Fsp3) is 0.500. The number of hydrogen-bond acceptors (Lipinski definition) is 5. The van der Waals surface area contributed by atoms with Crippen LogP contribution < -0.4 is 5.32 Å². The molecule has 1 heterocycles. The van der Waals surface area contributed by atoms with Crippen LogP contribution in [0.15, 0.2) is 12.3 Å². The highest BCUT2D eigenvalue weighted by Gasteiger charge is 2.15. The van der Waals surface area contributed by atoms with Gasteiger partial charge in [0.1, 0.15) is 0 Å². The third kappa shape index (κ3) is 4.54. The number of anilines is 1. The van der Waals surface area contributed by atoms with Gasteiger partial charge in [-0.1, -0.05) is 11.6 Å². The molecule has 0 saturated heterocycles. The summed E-state index contributed by atoms with van der Waals surface area (Å²) in [4.78, 5) is 14.1. The van der Waals surface area contributed by atoms with E-state index in [0.29, 0.717) is 13.2 Å². The van der Waals surface area contributed by atoms with Crippen LogP contribution in [0.3, 0.4) is 0 Å². The third-order valence-corrected chi connectivity index (χ3v) is 2.08. The molecule has 0 saturated carbocycles. The highest BCUT2D eigenvalue weighted by molar-refractivity contribution is 6.30. The van der Waals surface area contributed by atoms with Crippen LogP contribution in [0.1, 0.15) is 13.8 Å². The number of pyridine rings is 1. The molecule has 0 fully saturated rings. The average molecular weight is 260 g/mol. The molecule has 0 aliphatic carbocycles. The quantitative estimate of drug-likeness (QED) is 0.482. The molecule has 0 unspecified atom stereocenters. The molecule has 6 nitrogen and oxygen atoms in total. The van der Waals surface area contributed by atoms with Gasteiger partial charge in [0, 0.05) is 18.8 Å². The van der Waals surface area contributed by atoms with E-state index in [1.165, 1.54) is 12.3 Å². The second-order valence-electron chi connectivity index (χ2n) is 3.62. The van der Waals surface area contributed by atoms with Gasteiger partial charge in [0.05, 0.1) is 22.7 Å². The molecule has 1 aromatic rings. The van der Waals surface area contributed by atoms with Gasteiger partial charge in [0.15, 0.2) is 0 Å². The van der Waals surface area contributed by atoms with E-state index in [-0.39, 0.29) is 22.6 Å². The van der Waals surface area contributed by atoms with Crippen LogP contribution in [0, 0.1) is 10.1 Å². The lowest BCUT2D eigenvalue weighted by atomic mass is 10.4. The number of nitro groups is 1. The molecule has 7 heteroatoms. The van der Waals surface area contributed by atoms with Gasteiger partial charge in [-0.15, -0.1) is 0 Å². The molecule has 94 valence electrons. The SMILES string of the molecule is CC(C)OCCNc1ncc(Cl)cc1[N+](=O)[O-]. The van der Waals surface area contributed by atoms with Crippen molar-refractivity contribution < 1.29 is 9.66 Å². The monoisotopic (exact) mass is 259 g/mol. The van der Waals surface area contributed by atoms with Gasteiger partial charge in [-0.2, -0.15) is 0 Å². The van der Waals surface area contributed by atoms with Crippen molar-refractivity contribution in [1.82, 2.24) is 4.98 Å². The summed E-state index contributed by atoms with van der Waals surface area (Å²) in [5, 5.41) is 13.8. The third-order valence-electron chi connectivity index (χ3n) is 1.88. The molecule has 17 heavy (non-hydrogen) atoms. The predicted molar refractivity (Wildman–Crippen MR) is 65.5 cm³/mol. The summed E-state index contributed by atoms with van der Waals surface area (Å²) in [6.45, 7) is 4.75. The first kappa shape index (κ1) is 13.7. The Kier molecular flexibility index (Phi) is 5.11. The molecule has 0 spiro atoms. The van der Waals surface area contributed by atoms with E-state index in [9.17, 15) is 10.1 Å². The maximum Gasteiger partial charge on any atom is 0.312 e. The Balaban J connectivity index is 2.61. The molecule has 0 amide bonds. The minimum atomic E-state index is -0.523. The number of nitrogens with zero attached hydrogens (tertiary/aromatic N) is 2. The fourth-order valence-electron chi connectivity index (χ4n) is 1.17. The van der Waals surface area contributed by atoms with E-state index in [1.54, 1.807) is 0 Å². The summed E-state index contributed by atoms with van der Waals surface area (Å²) in [6.07, 6.45) is 1.49. The summed E-state index contributed by atoms with van der Waals surface area (Å²) < 4.78 is 5.30. The maximum absolute atomic E-state index is 10.8. The van der Waals surface area contributed by atoms with Crippen LogP contribution in [-0.2, 0) is 4.74 Å². The van der Waals surface area contributed by atoms with Crippen molar-refractivity contribution in [3.63, 3.8) is 0 Å². The average Bonchev–Trinajstić information content (AvgIpc) is 2.25. The smallest absolute Gasteiger partial charge is 0.312 e. The molecule has 0 radical (unpaired) electrons. The lowest BCUT2D eigenvalue weighted by molar-refractivity contribution is -0.384. The van der Waals surface area contributed by atoms with E-state index in [2.05, 4.69) is 10.3 Å². The first-order valence-corrected chi connectivity index (χ1v) is 5.54. The number of halogens is 1. The number of nitrogens with one attached hydrogen (secondary N) is 1. The summed E-state index contributed by atoms with van der Waals surface area (Å²) in [7, 11) is 0. The van der Waals surface area contributed by atoms with Gasteiger partial charge < -0.3 is 10.1 Å². The van der Waals surface area contributed by atoms with Crippen LogP contribution in [-0.4, -0.2) is 29.2 Å². The Morgan fingerprint density at radius 2 is 2.35 bits per heavy atom. The van der Waals surface area contributed by atoms with Crippen molar-refractivity contribution in [2.45, 2.75) is 20.0 Å². The molecule has 0 aromatic carbocycles. The second kappa shape index (κ2) is 6.36. The zero-order valence-corrected chi connectivity index (χ0v) is 10.4. The van der Waals surface area contributed by atoms with Crippen LogP contribution in [0.25, 0.3) is 0 Å². The number of ether oxygens (including phenoxy) is 1. The zero-order valence-electron chi connectivity index (χ0n) is 9.64. The minimum Gasteiger partial charge on any atom is -0.377 e. The Morgan fingerprint density at radius 1 is 1.65 bits per heavy atom. The highest BCUT2D eigenvalue weighted by Crippen LogP contribution is 2.24. The topological polar surface area (TPSA) is 77.3 Å². The molecular weight excluding hydrogens is 246 g/mol. The Labute approximate surface area is 104 Å². The van der Waals surface area contributed by atoms with Crippen molar-refractivity contribution >= 4 is 23.1 Å². The maximum atomic E-state index is 10.8. The van der Waals surface area contributed by atoms with Crippen LogP contribution in [0.2, 0.25) is 5.02 Å². The van der Waals surface area contributed by atoms with Gasteiger partial charge in [0.2, 0.25) is 5.82 Å². The highest BCUT2D eigenvalue weighted by atomic mass is 35.5. The minimum absolute atomic E-state index is 0.130. The number of rotatable bonds is 6. The summed E-state index contributed by atoms with van der Waals surface area (Å²) in [5.74, 6) is 0.201. The van der Waals surface area contributed by atoms with E-state index >= 15 is 0 Å². The van der Waals surface area contributed by atoms with Gasteiger partial charge in [-0.05, 0) is 13.8 Å². The molecule has 1 aromatic heterocycles. The molecule has 0 aliphatic rings. The van der Waals surface area contributed by atoms with Gasteiger partial charge in [-0.3, -0.25) is 10.1 Å². The van der Waals surface area contributed by atoms with Gasteiger partial charge in [-0.25, -0.2) is 4.98 Å². The van der Waals surface area contributed by atoms with Gasteiger partial charge >= 0.3 is 5.69 Å². The summed E-state index contributed by atoms with van der Waals surface area (Å²) in [6, 6.07) is 1.26. The largest absolute Gasteiger partial charge is 0.377 e. The van der Waals surface area contributed by atoms with Crippen LogP contribution >= 0.6 is 11.6 Å². The van der Waals surface area contributed by atoms with E-state index < -0.39 is 4.92 Å². The molecule has 0 aliphatic heterocycles. The van der Waals surface area contributed by atoms with Crippen molar-refractivity contribution in [3.05, 3.63) is 27.4 Å². The fourth-order valence-corrected chi connectivity index (χ4v) is 1.32. The molecule has 1 rings (SSSR count). The number of hydrogen-bond donors (Lipinski definition) is 1. The lowest BCUT2D eigenvalue weighted by Crippen LogP contribution is -2.14. The Morgan fingerprint density at radius 3 is 2.94 bits per heavy atom. The summed E-state index contributed by atoms with van der Waals surface area (Å²) >= 11 is 5.64. The molecule has 0 bridgehead atoms. The van der Waals surface area contributed by atoms with E-state index in [1.807, 2.05) is 13.8 Å². The first-order chi connectivity index (χ1) is 8.00. The van der Waals surface area contributed by atoms with Crippen molar-refractivity contribution in [1.29, 1.82) is 0 Å². The second-order valence-corrected chi connectivity index (χ2v) is 4.06. The lowest BCUT2D eigenvalue weighted by Gasteiger charge is -2.09.